The SMILES string of the molecule is Cn1cc(CCC(=O)Nc2cc(F)ccc2OC[C@H]2CCCO2)cn1. The summed E-state index contributed by atoms with van der Waals surface area (Å²) in [4.78, 5) is 12.2. The molecule has 2 aromatic rings. The number of amides is 1. The highest BCUT2D eigenvalue weighted by Crippen LogP contribution is 2.26. The van der Waals surface area contributed by atoms with E-state index in [0.29, 0.717) is 24.5 Å². The van der Waals surface area contributed by atoms with Gasteiger partial charge in [-0.15, -0.1) is 0 Å². The van der Waals surface area contributed by atoms with Crippen LogP contribution in [0.2, 0.25) is 0 Å². The summed E-state index contributed by atoms with van der Waals surface area (Å²) in [6, 6.07) is 4.12. The second-order valence-corrected chi connectivity index (χ2v) is 6.16. The van der Waals surface area contributed by atoms with Crippen LogP contribution in [0.4, 0.5) is 10.1 Å². The van der Waals surface area contributed by atoms with Crippen molar-refractivity contribution in [1.29, 1.82) is 0 Å². The number of rotatable bonds is 7. The number of ether oxygens (including phenoxy) is 2. The third-order valence-electron chi connectivity index (χ3n) is 4.06. The van der Waals surface area contributed by atoms with Crippen LogP contribution in [0.25, 0.3) is 0 Å². The lowest BCUT2D eigenvalue weighted by atomic mass is 10.2. The Hall–Kier alpha value is -2.41. The van der Waals surface area contributed by atoms with E-state index in [4.69, 9.17) is 9.47 Å². The van der Waals surface area contributed by atoms with Gasteiger partial charge in [-0.05, 0) is 37.0 Å². The van der Waals surface area contributed by atoms with E-state index in [1.165, 1.54) is 18.2 Å². The smallest absolute Gasteiger partial charge is 0.224 e. The van der Waals surface area contributed by atoms with E-state index in [-0.39, 0.29) is 18.4 Å². The normalized spacial score (nSPS) is 16.8. The van der Waals surface area contributed by atoms with Crippen LogP contribution in [0.5, 0.6) is 5.75 Å². The standard InChI is InChI=1S/C18H22FN3O3/c1-22-11-13(10-20-22)4-7-18(23)21-16-9-14(19)5-6-17(16)25-12-15-3-2-8-24-15/h5-6,9-11,15H,2-4,7-8,12H2,1H3,(H,21,23)/t15-/m1/s1. The van der Waals surface area contributed by atoms with Crippen molar-refractivity contribution in [2.24, 2.45) is 7.05 Å². The lowest BCUT2D eigenvalue weighted by Gasteiger charge is -2.15. The summed E-state index contributed by atoms with van der Waals surface area (Å²) in [5, 5.41) is 6.80. The number of hydrogen-bond donors (Lipinski definition) is 1. The third kappa shape index (κ3) is 5.03. The zero-order valence-corrected chi connectivity index (χ0v) is 14.2. The number of carbonyl (C=O) groups is 1. The van der Waals surface area contributed by atoms with Crippen LogP contribution in [-0.2, 0) is 23.0 Å². The second-order valence-electron chi connectivity index (χ2n) is 6.16. The molecule has 1 aliphatic heterocycles. The summed E-state index contributed by atoms with van der Waals surface area (Å²) < 4.78 is 26.5. The second kappa shape index (κ2) is 8.11. The Balaban J connectivity index is 1.57. The van der Waals surface area contributed by atoms with E-state index in [1.807, 2.05) is 13.2 Å². The molecule has 134 valence electrons. The maximum Gasteiger partial charge on any atom is 0.224 e. The predicted molar refractivity (Wildman–Crippen MR) is 91.0 cm³/mol. The Bertz CT molecular complexity index is 726. The van der Waals surface area contributed by atoms with Gasteiger partial charge in [-0.2, -0.15) is 5.10 Å². The van der Waals surface area contributed by atoms with Crippen molar-refractivity contribution < 1.29 is 18.7 Å². The molecule has 0 radical (unpaired) electrons. The Kier molecular flexibility index (Phi) is 5.65. The largest absolute Gasteiger partial charge is 0.489 e. The van der Waals surface area contributed by atoms with Crippen LogP contribution >= 0.6 is 0 Å². The van der Waals surface area contributed by atoms with Gasteiger partial charge in [-0.3, -0.25) is 9.48 Å². The van der Waals surface area contributed by atoms with Crippen LogP contribution in [0.15, 0.2) is 30.6 Å². The first-order valence-corrected chi connectivity index (χ1v) is 8.41. The predicted octanol–water partition coefficient (Wildman–Crippen LogP) is 2.69. The van der Waals surface area contributed by atoms with Crippen LogP contribution in [0.3, 0.4) is 0 Å². The van der Waals surface area contributed by atoms with Gasteiger partial charge < -0.3 is 14.8 Å². The summed E-state index contributed by atoms with van der Waals surface area (Å²) in [7, 11) is 1.83. The Labute approximate surface area is 145 Å². The van der Waals surface area contributed by atoms with Crippen LogP contribution in [0, 0.1) is 5.82 Å². The molecule has 2 heterocycles. The van der Waals surface area contributed by atoms with Gasteiger partial charge in [-0.25, -0.2) is 4.39 Å². The highest BCUT2D eigenvalue weighted by molar-refractivity contribution is 5.92. The number of hydrogen-bond acceptors (Lipinski definition) is 4. The number of halogens is 1. The van der Waals surface area contributed by atoms with Gasteiger partial charge in [0.25, 0.3) is 0 Å². The number of anilines is 1. The monoisotopic (exact) mass is 347 g/mol. The van der Waals surface area contributed by atoms with E-state index in [9.17, 15) is 9.18 Å². The summed E-state index contributed by atoms with van der Waals surface area (Å²) in [6.07, 6.45) is 6.48. The average molecular weight is 347 g/mol. The lowest BCUT2D eigenvalue weighted by Crippen LogP contribution is -2.18. The van der Waals surface area contributed by atoms with Gasteiger partial charge in [0.05, 0.1) is 18.0 Å². The molecule has 6 nitrogen and oxygen atoms in total. The minimum atomic E-state index is -0.424. The lowest BCUT2D eigenvalue weighted by molar-refractivity contribution is -0.116. The number of aryl methyl sites for hydroxylation is 2. The molecule has 1 saturated heterocycles. The molecule has 25 heavy (non-hydrogen) atoms. The Morgan fingerprint density at radius 3 is 3.12 bits per heavy atom. The van der Waals surface area contributed by atoms with Crippen molar-refractivity contribution in [3.05, 3.63) is 42.0 Å². The summed E-state index contributed by atoms with van der Waals surface area (Å²) in [5.41, 5.74) is 1.32. The maximum atomic E-state index is 13.5. The summed E-state index contributed by atoms with van der Waals surface area (Å²) in [5.74, 6) is -0.171. The van der Waals surface area contributed by atoms with E-state index in [1.54, 1.807) is 10.9 Å². The van der Waals surface area contributed by atoms with Gasteiger partial charge in [0, 0.05) is 32.3 Å². The van der Waals surface area contributed by atoms with Crippen LogP contribution < -0.4 is 10.1 Å². The molecule has 1 aromatic heterocycles. The molecule has 1 aliphatic rings. The average Bonchev–Trinajstić information content (AvgIpc) is 3.24. The van der Waals surface area contributed by atoms with E-state index >= 15 is 0 Å². The first-order valence-electron chi connectivity index (χ1n) is 8.41. The molecular weight excluding hydrogens is 325 g/mol. The minimum Gasteiger partial charge on any atom is -0.489 e. The van der Waals surface area contributed by atoms with Gasteiger partial charge in [0.1, 0.15) is 18.2 Å². The van der Waals surface area contributed by atoms with Crippen molar-refractivity contribution in [2.45, 2.75) is 31.8 Å². The summed E-state index contributed by atoms with van der Waals surface area (Å²) >= 11 is 0. The topological polar surface area (TPSA) is 65.4 Å². The zero-order chi connectivity index (χ0) is 17.6. The first kappa shape index (κ1) is 17.4. The molecule has 0 bridgehead atoms. The number of nitrogens with one attached hydrogen (secondary N) is 1. The molecule has 1 aromatic carbocycles. The third-order valence-corrected chi connectivity index (χ3v) is 4.06. The fourth-order valence-electron chi connectivity index (χ4n) is 2.76. The van der Waals surface area contributed by atoms with E-state index in [2.05, 4.69) is 10.4 Å². The molecule has 0 spiro atoms. The molecule has 0 aliphatic carbocycles. The Morgan fingerprint density at radius 1 is 1.52 bits per heavy atom. The zero-order valence-electron chi connectivity index (χ0n) is 14.2. The molecule has 1 amide bonds. The summed E-state index contributed by atoms with van der Waals surface area (Å²) in [6.45, 7) is 1.14. The maximum absolute atomic E-state index is 13.5. The van der Waals surface area contributed by atoms with Crippen molar-refractivity contribution in [3.63, 3.8) is 0 Å². The molecule has 0 unspecified atom stereocenters. The van der Waals surface area contributed by atoms with Crippen LogP contribution in [0.1, 0.15) is 24.8 Å². The highest BCUT2D eigenvalue weighted by Gasteiger charge is 2.17. The van der Waals surface area contributed by atoms with E-state index < -0.39 is 5.82 Å². The van der Waals surface area contributed by atoms with E-state index in [0.717, 1.165) is 25.0 Å². The molecular formula is C18H22FN3O3. The first-order chi connectivity index (χ1) is 12.1. The van der Waals surface area contributed by atoms with Gasteiger partial charge >= 0.3 is 0 Å². The van der Waals surface area contributed by atoms with Crippen molar-refractivity contribution in [2.75, 3.05) is 18.5 Å². The number of aromatic nitrogens is 2. The highest BCUT2D eigenvalue weighted by atomic mass is 19.1. The molecule has 0 saturated carbocycles. The molecule has 3 rings (SSSR count). The quantitative estimate of drug-likeness (QED) is 0.836. The minimum absolute atomic E-state index is 0.0548. The fourth-order valence-corrected chi connectivity index (χ4v) is 2.76. The number of carbonyl (C=O) groups excluding carboxylic acids is 1. The molecule has 7 heteroatoms. The molecule has 1 atom stereocenters. The van der Waals surface area contributed by atoms with Crippen molar-refractivity contribution in [3.8, 4) is 5.75 Å². The number of nitrogens with zero attached hydrogens (tertiary/aromatic N) is 2. The molecule has 1 N–H and O–H groups in total. The van der Waals surface area contributed by atoms with Gasteiger partial charge in [-0.1, -0.05) is 0 Å². The van der Waals surface area contributed by atoms with Crippen molar-refractivity contribution >= 4 is 11.6 Å². The Morgan fingerprint density at radius 2 is 2.40 bits per heavy atom. The van der Waals surface area contributed by atoms with Gasteiger partial charge in [0.2, 0.25) is 5.91 Å². The van der Waals surface area contributed by atoms with Gasteiger partial charge in [0.15, 0.2) is 0 Å². The van der Waals surface area contributed by atoms with Crippen LogP contribution in [-0.4, -0.2) is 35.0 Å². The molecule has 1 fully saturated rings. The fraction of sp³-hybridized carbons (Fsp3) is 0.444. The number of benzene rings is 1. The van der Waals surface area contributed by atoms with Crippen molar-refractivity contribution in [1.82, 2.24) is 9.78 Å².